The predicted molar refractivity (Wildman–Crippen MR) is 84.2 cm³/mol. The van der Waals surface area contributed by atoms with E-state index in [9.17, 15) is 4.39 Å². The number of hydrogen-bond acceptors (Lipinski definition) is 2. The SMILES string of the molecule is NC(=S)c1ccc(Oc2ccc(Br)c(F)c2)cc1Br. The molecule has 0 atom stereocenters. The Bertz CT molecular complexity index is 649. The topological polar surface area (TPSA) is 35.2 Å². The van der Waals surface area contributed by atoms with E-state index < -0.39 is 0 Å². The molecule has 0 radical (unpaired) electrons. The third kappa shape index (κ3) is 3.52. The molecule has 2 N–H and O–H groups in total. The van der Waals surface area contributed by atoms with Gasteiger partial charge in [-0.05, 0) is 62.2 Å². The van der Waals surface area contributed by atoms with Crippen LogP contribution in [0.25, 0.3) is 0 Å². The Morgan fingerprint density at radius 3 is 2.26 bits per heavy atom. The van der Waals surface area contributed by atoms with Crippen LogP contribution in [0.5, 0.6) is 11.5 Å². The summed E-state index contributed by atoms with van der Waals surface area (Å²) in [6.45, 7) is 0. The largest absolute Gasteiger partial charge is 0.457 e. The van der Waals surface area contributed by atoms with Crippen molar-refractivity contribution in [2.75, 3.05) is 0 Å². The molecule has 0 unspecified atom stereocenters. The third-order valence-corrected chi connectivity index (χ3v) is 3.85. The summed E-state index contributed by atoms with van der Waals surface area (Å²) in [6, 6.07) is 9.76. The molecule has 0 fully saturated rings. The van der Waals surface area contributed by atoms with Gasteiger partial charge in [0.1, 0.15) is 22.3 Å². The maximum absolute atomic E-state index is 13.4. The lowest BCUT2D eigenvalue weighted by molar-refractivity contribution is 0.476. The van der Waals surface area contributed by atoms with E-state index in [1.807, 2.05) is 0 Å². The molecule has 0 aliphatic heterocycles. The van der Waals surface area contributed by atoms with Gasteiger partial charge in [0.2, 0.25) is 0 Å². The highest BCUT2D eigenvalue weighted by Gasteiger charge is 2.07. The van der Waals surface area contributed by atoms with E-state index in [0.29, 0.717) is 21.0 Å². The third-order valence-electron chi connectivity index (χ3n) is 2.33. The Balaban J connectivity index is 2.26. The van der Waals surface area contributed by atoms with E-state index in [0.717, 1.165) is 10.0 Å². The van der Waals surface area contributed by atoms with Gasteiger partial charge in [-0.2, -0.15) is 0 Å². The van der Waals surface area contributed by atoms with Gasteiger partial charge in [-0.25, -0.2) is 4.39 Å². The van der Waals surface area contributed by atoms with Crippen molar-refractivity contribution in [1.29, 1.82) is 0 Å². The molecule has 0 bridgehead atoms. The van der Waals surface area contributed by atoms with Crippen LogP contribution in [-0.4, -0.2) is 4.99 Å². The molecule has 2 aromatic rings. The predicted octanol–water partition coefficient (Wildman–Crippen LogP) is 4.78. The van der Waals surface area contributed by atoms with Crippen LogP contribution in [0, 0.1) is 5.82 Å². The van der Waals surface area contributed by atoms with Crippen LogP contribution in [0.1, 0.15) is 5.56 Å². The Kier molecular flexibility index (Phi) is 4.54. The zero-order chi connectivity index (χ0) is 14.0. The highest BCUT2D eigenvalue weighted by Crippen LogP contribution is 2.29. The average molecular weight is 405 g/mol. The zero-order valence-corrected chi connectivity index (χ0v) is 13.5. The number of halogens is 3. The molecule has 0 saturated heterocycles. The second kappa shape index (κ2) is 5.98. The molecule has 0 amide bonds. The Labute approximate surface area is 132 Å². The first kappa shape index (κ1) is 14.4. The number of hydrogen-bond donors (Lipinski definition) is 1. The first-order valence-electron chi connectivity index (χ1n) is 5.19. The fraction of sp³-hybridized carbons (Fsp3) is 0. The number of nitrogens with two attached hydrogens (primary N) is 1. The molecule has 2 rings (SSSR count). The van der Waals surface area contributed by atoms with Crippen molar-refractivity contribution in [3.63, 3.8) is 0 Å². The summed E-state index contributed by atoms with van der Waals surface area (Å²) in [5.41, 5.74) is 6.29. The van der Waals surface area contributed by atoms with Gasteiger partial charge in [-0.1, -0.05) is 12.2 Å². The van der Waals surface area contributed by atoms with Crippen LogP contribution >= 0.6 is 44.1 Å². The normalized spacial score (nSPS) is 10.3. The van der Waals surface area contributed by atoms with Crippen LogP contribution in [0.15, 0.2) is 45.3 Å². The van der Waals surface area contributed by atoms with Gasteiger partial charge < -0.3 is 10.5 Å². The summed E-state index contributed by atoms with van der Waals surface area (Å²) in [7, 11) is 0. The zero-order valence-electron chi connectivity index (χ0n) is 9.49. The van der Waals surface area contributed by atoms with Crippen molar-refractivity contribution in [3.8, 4) is 11.5 Å². The van der Waals surface area contributed by atoms with Crippen molar-refractivity contribution in [2.24, 2.45) is 5.73 Å². The summed E-state index contributed by atoms with van der Waals surface area (Å²) in [4.78, 5) is 0.299. The van der Waals surface area contributed by atoms with Crippen LogP contribution in [-0.2, 0) is 0 Å². The Hall–Kier alpha value is -0.980. The summed E-state index contributed by atoms with van der Waals surface area (Å²) in [6.07, 6.45) is 0. The van der Waals surface area contributed by atoms with E-state index in [-0.39, 0.29) is 5.82 Å². The lowest BCUT2D eigenvalue weighted by Crippen LogP contribution is -2.09. The molecule has 0 aliphatic rings. The first-order chi connectivity index (χ1) is 8.97. The average Bonchev–Trinajstić information content (AvgIpc) is 2.33. The van der Waals surface area contributed by atoms with Crippen LogP contribution in [0.4, 0.5) is 4.39 Å². The van der Waals surface area contributed by atoms with Crippen molar-refractivity contribution < 1.29 is 9.13 Å². The minimum absolute atomic E-state index is 0.299. The van der Waals surface area contributed by atoms with Crippen molar-refractivity contribution in [2.45, 2.75) is 0 Å². The molecule has 0 aromatic heterocycles. The van der Waals surface area contributed by atoms with Gasteiger partial charge in [0.25, 0.3) is 0 Å². The number of benzene rings is 2. The second-order valence-corrected chi connectivity index (χ2v) is 5.83. The maximum Gasteiger partial charge on any atom is 0.141 e. The van der Waals surface area contributed by atoms with Gasteiger partial charge in [-0.3, -0.25) is 0 Å². The fourth-order valence-electron chi connectivity index (χ4n) is 1.44. The molecule has 98 valence electrons. The van der Waals surface area contributed by atoms with Crippen LogP contribution in [0.3, 0.4) is 0 Å². The molecule has 0 aliphatic carbocycles. The molecular formula is C13H8Br2FNOS. The van der Waals surface area contributed by atoms with Crippen molar-refractivity contribution in [1.82, 2.24) is 0 Å². The van der Waals surface area contributed by atoms with Gasteiger partial charge in [0.15, 0.2) is 0 Å². The molecule has 6 heteroatoms. The minimum Gasteiger partial charge on any atom is -0.457 e. The number of thiocarbonyl (C=S) groups is 1. The second-order valence-electron chi connectivity index (χ2n) is 3.68. The Morgan fingerprint density at radius 1 is 1.05 bits per heavy atom. The molecule has 19 heavy (non-hydrogen) atoms. The standard InChI is InChI=1S/C13H8Br2FNOS/c14-10-4-2-8(6-12(10)16)18-7-1-3-9(13(17)19)11(15)5-7/h1-6H,(H2,17,19). The molecule has 2 nitrogen and oxygen atoms in total. The van der Waals surface area contributed by atoms with Gasteiger partial charge in [0, 0.05) is 16.1 Å². The van der Waals surface area contributed by atoms with Crippen molar-refractivity contribution in [3.05, 3.63) is 56.7 Å². The molecule has 0 spiro atoms. The van der Waals surface area contributed by atoms with Crippen LogP contribution < -0.4 is 10.5 Å². The van der Waals surface area contributed by atoms with Crippen LogP contribution in [0.2, 0.25) is 0 Å². The summed E-state index contributed by atoms with van der Waals surface area (Å²) in [5, 5.41) is 0. The lowest BCUT2D eigenvalue weighted by atomic mass is 10.2. The van der Waals surface area contributed by atoms with E-state index in [4.69, 9.17) is 22.7 Å². The van der Waals surface area contributed by atoms with Gasteiger partial charge in [-0.15, -0.1) is 0 Å². The number of ether oxygens (including phenoxy) is 1. The molecular weight excluding hydrogens is 397 g/mol. The highest BCUT2D eigenvalue weighted by molar-refractivity contribution is 9.10. The van der Waals surface area contributed by atoms with Gasteiger partial charge >= 0.3 is 0 Å². The molecule has 0 saturated carbocycles. The molecule has 0 heterocycles. The van der Waals surface area contributed by atoms with E-state index >= 15 is 0 Å². The van der Waals surface area contributed by atoms with Gasteiger partial charge in [0.05, 0.1) is 4.47 Å². The van der Waals surface area contributed by atoms with E-state index in [1.165, 1.54) is 6.07 Å². The quantitative estimate of drug-likeness (QED) is 0.747. The lowest BCUT2D eigenvalue weighted by Gasteiger charge is -2.08. The fourth-order valence-corrected chi connectivity index (χ4v) is 2.56. The summed E-state index contributed by atoms with van der Waals surface area (Å²) < 4.78 is 20.0. The van der Waals surface area contributed by atoms with Crippen molar-refractivity contribution >= 4 is 49.1 Å². The number of rotatable bonds is 3. The molecule has 2 aromatic carbocycles. The monoisotopic (exact) mass is 403 g/mol. The summed E-state index contributed by atoms with van der Waals surface area (Å²) in [5.74, 6) is 0.598. The smallest absolute Gasteiger partial charge is 0.141 e. The summed E-state index contributed by atoms with van der Waals surface area (Å²) >= 11 is 11.3. The Morgan fingerprint density at radius 2 is 1.68 bits per heavy atom. The van der Waals surface area contributed by atoms with E-state index in [2.05, 4.69) is 31.9 Å². The van der Waals surface area contributed by atoms with E-state index in [1.54, 1.807) is 30.3 Å². The minimum atomic E-state index is -0.378. The first-order valence-corrected chi connectivity index (χ1v) is 7.19. The maximum atomic E-state index is 13.4. The highest BCUT2D eigenvalue weighted by atomic mass is 79.9.